The number of rotatable bonds is 9. The van der Waals surface area contributed by atoms with Crippen LogP contribution in [0.3, 0.4) is 0 Å². The van der Waals surface area contributed by atoms with Crippen LogP contribution in [-0.4, -0.2) is 47.0 Å². The molecule has 8 nitrogen and oxygen atoms in total. The number of anilines is 1. The smallest absolute Gasteiger partial charge is 0.327 e. The fourth-order valence-electron chi connectivity index (χ4n) is 1.78. The highest BCUT2D eigenvalue weighted by atomic mass is 32.1. The van der Waals surface area contributed by atoms with Gasteiger partial charge in [-0.2, -0.15) is 12.6 Å². The minimum absolute atomic E-state index is 0.103. The summed E-state index contributed by atoms with van der Waals surface area (Å²) in [5, 5.41) is 13.4. The summed E-state index contributed by atoms with van der Waals surface area (Å²) in [6.07, 6.45) is 0.102. The lowest BCUT2D eigenvalue weighted by molar-refractivity contribution is -0.141. The summed E-state index contributed by atoms with van der Waals surface area (Å²) in [5.41, 5.74) is 6.16. The molecule has 0 aromatic heterocycles. The SMILES string of the molecule is NC(CC(=O)c1ccccc1NC=O)C(=O)NC(CS)C(=O)O. The van der Waals surface area contributed by atoms with E-state index in [1.807, 2.05) is 0 Å². The standard InChI is InChI=1S/C14H17N3O5S/c15-9(13(20)17-11(6-23)14(21)22)5-12(19)8-3-1-2-4-10(8)16-7-18/h1-4,7,9,11,23H,5-6,15H2,(H,16,18)(H,17,20)(H,21,22). The Morgan fingerprint density at radius 2 is 1.96 bits per heavy atom. The molecule has 0 radical (unpaired) electrons. The Bertz CT molecular complexity index is 608. The number of aliphatic carboxylic acids is 1. The van der Waals surface area contributed by atoms with E-state index in [2.05, 4.69) is 23.3 Å². The second-order valence-corrected chi connectivity index (χ2v) is 4.99. The second kappa shape index (κ2) is 8.91. The third-order valence-corrected chi connectivity index (χ3v) is 3.35. The highest BCUT2D eigenvalue weighted by Gasteiger charge is 2.24. The summed E-state index contributed by atoms with van der Waals surface area (Å²) in [5.74, 6) is -2.56. The summed E-state index contributed by atoms with van der Waals surface area (Å²) in [6, 6.07) is 3.88. The number of benzene rings is 1. The third-order valence-electron chi connectivity index (χ3n) is 2.98. The Labute approximate surface area is 137 Å². The Kier molecular flexibility index (Phi) is 7.23. The van der Waals surface area contributed by atoms with Crippen LogP contribution >= 0.6 is 12.6 Å². The number of Topliss-reactive ketones (excluding diaryl/α,β-unsaturated/α-hetero) is 1. The maximum absolute atomic E-state index is 12.2. The number of para-hydroxylation sites is 1. The monoisotopic (exact) mass is 339 g/mol. The Balaban J connectivity index is 2.75. The molecule has 2 atom stereocenters. The maximum atomic E-state index is 12.2. The predicted octanol–water partition coefficient (Wildman–Crippen LogP) is -0.346. The van der Waals surface area contributed by atoms with Crippen LogP contribution in [0.15, 0.2) is 24.3 Å². The van der Waals surface area contributed by atoms with E-state index in [-0.39, 0.29) is 17.7 Å². The van der Waals surface area contributed by atoms with Gasteiger partial charge in [0.15, 0.2) is 5.78 Å². The minimum atomic E-state index is -1.24. The zero-order valence-corrected chi connectivity index (χ0v) is 13.0. The van der Waals surface area contributed by atoms with E-state index in [1.54, 1.807) is 12.1 Å². The summed E-state index contributed by atoms with van der Waals surface area (Å²) in [4.78, 5) is 45.4. The highest BCUT2D eigenvalue weighted by molar-refractivity contribution is 7.80. The zero-order chi connectivity index (χ0) is 17.4. The van der Waals surface area contributed by atoms with Gasteiger partial charge in [-0.3, -0.25) is 14.4 Å². The highest BCUT2D eigenvalue weighted by Crippen LogP contribution is 2.16. The number of amides is 2. The van der Waals surface area contributed by atoms with Crippen molar-refractivity contribution in [3.8, 4) is 0 Å². The van der Waals surface area contributed by atoms with Crippen molar-refractivity contribution in [3.05, 3.63) is 29.8 Å². The number of nitrogens with two attached hydrogens (primary N) is 1. The molecular weight excluding hydrogens is 322 g/mol. The van der Waals surface area contributed by atoms with Crippen LogP contribution in [0.4, 0.5) is 5.69 Å². The van der Waals surface area contributed by atoms with Gasteiger partial charge in [0.2, 0.25) is 12.3 Å². The lowest BCUT2D eigenvalue weighted by Gasteiger charge is -2.16. The molecule has 0 spiro atoms. The molecule has 0 saturated heterocycles. The number of carboxylic acid groups (broad SMARTS) is 1. The first-order valence-electron chi connectivity index (χ1n) is 6.62. The van der Waals surface area contributed by atoms with E-state index in [4.69, 9.17) is 10.8 Å². The molecule has 9 heteroatoms. The average molecular weight is 339 g/mol. The van der Waals surface area contributed by atoms with E-state index in [1.165, 1.54) is 12.1 Å². The Morgan fingerprint density at radius 3 is 2.52 bits per heavy atom. The fourth-order valence-corrected chi connectivity index (χ4v) is 2.03. The number of carbonyl (C=O) groups excluding carboxylic acids is 3. The van der Waals surface area contributed by atoms with Gasteiger partial charge in [-0.05, 0) is 12.1 Å². The lowest BCUT2D eigenvalue weighted by atomic mass is 10.0. The molecule has 0 fully saturated rings. The van der Waals surface area contributed by atoms with Crippen LogP contribution < -0.4 is 16.4 Å². The van der Waals surface area contributed by atoms with Gasteiger partial charge in [0.05, 0.1) is 11.7 Å². The number of carboxylic acids is 1. The van der Waals surface area contributed by atoms with Crippen LogP contribution in [0, 0.1) is 0 Å². The molecule has 23 heavy (non-hydrogen) atoms. The Hall–Kier alpha value is -2.39. The molecule has 0 heterocycles. The van der Waals surface area contributed by atoms with Gasteiger partial charge in [-0.25, -0.2) is 4.79 Å². The van der Waals surface area contributed by atoms with Crippen LogP contribution in [0.5, 0.6) is 0 Å². The molecule has 0 bridgehead atoms. The number of carbonyl (C=O) groups is 4. The number of ketones is 1. The van der Waals surface area contributed by atoms with Gasteiger partial charge in [-0.15, -0.1) is 0 Å². The summed E-state index contributed by atoms with van der Waals surface area (Å²) < 4.78 is 0. The molecule has 5 N–H and O–H groups in total. The van der Waals surface area contributed by atoms with Crippen molar-refractivity contribution >= 4 is 42.4 Å². The minimum Gasteiger partial charge on any atom is -0.480 e. The molecule has 0 saturated carbocycles. The normalized spacial score (nSPS) is 12.8. The van der Waals surface area contributed by atoms with Crippen molar-refractivity contribution < 1.29 is 24.3 Å². The molecule has 1 aromatic rings. The quantitative estimate of drug-likeness (QED) is 0.237. The number of hydrogen-bond acceptors (Lipinski definition) is 6. The fraction of sp³-hybridized carbons (Fsp3) is 0.286. The molecule has 2 unspecified atom stereocenters. The molecule has 0 aliphatic heterocycles. The van der Waals surface area contributed by atoms with Crippen LogP contribution in [0.2, 0.25) is 0 Å². The first-order valence-corrected chi connectivity index (χ1v) is 7.26. The van der Waals surface area contributed by atoms with E-state index in [0.29, 0.717) is 12.1 Å². The van der Waals surface area contributed by atoms with Gasteiger partial charge in [0, 0.05) is 17.7 Å². The first kappa shape index (κ1) is 18.7. The first-order chi connectivity index (χ1) is 10.9. The summed E-state index contributed by atoms with van der Waals surface area (Å²) in [7, 11) is 0. The van der Waals surface area contributed by atoms with E-state index in [9.17, 15) is 19.2 Å². The lowest BCUT2D eigenvalue weighted by Crippen LogP contribution is -2.49. The number of hydrogen-bond donors (Lipinski definition) is 5. The van der Waals surface area contributed by atoms with E-state index in [0.717, 1.165) is 0 Å². The van der Waals surface area contributed by atoms with Crippen molar-refractivity contribution in [3.63, 3.8) is 0 Å². The van der Waals surface area contributed by atoms with Gasteiger partial charge >= 0.3 is 5.97 Å². The topological polar surface area (TPSA) is 139 Å². The van der Waals surface area contributed by atoms with Crippen LogP contribution in [-0.2, 0) is 14.4 Å². The van der Waals surface area contributed by atoms with Gasteiger partial charge < -0.3 is 21.5 Å². The third kappa shape index (κ3) is 5.38. The molecule has 1 aromatic carbocycles. The van der Waals surface area contributed by atoms with E-state index < -0.39 is 29.7 Å². The maximum Gasteiger partial charge on any atom is 0.327 e. The molecule has 0 aliphatic rings. The average Bonchev–Trinajstić information content (AvgIpc) is 2.52. The summed E-state index contributed by atoms with van der Waals surface area (Å²) in [6.45, 7) is 0. The van der Waals surface area contributed by atoms with E-state index >= 15 is 0 Å². The molecular formula is C14H17N3O5S. The van der Waals surface area contributed by atoms with Crippen molar-refractivity contribution in [2.24, 2.45) is 5.73 Å². The summed E-state index contributed by atoms with van der Waals surface area (Å²) >= 11 is 3.82. The van der Waals surface area contributed by atoms with Crippen LogP contribution in [0.1, 0.15) is 16.8 Å². The molecule has 0 aliphatic carbocycles. The van der Waals surface area contributed by atoms with Crippen molar-refractivity contribution in [1.29, 1.82) is 0 Å². The zero-order valence-electron chi connectivity index (χ0n) is 12.1. The number of nitrogens with one attached hydrogen (secondary N) is 2. The molecule has 124 valence electrons. The van der Waals surface area contributed by atoms with Crippen molar-refractivity contribution in [2.75, 3.05) is 11.1 Å². The second-order valence-electron chi connectivity index (χ2n) is 4.62. The number of thiol groups is 1. The van der Waals surface area contributed by atoms with Gasteiger partial charge in [-0.1, -0.05) is 12.1 Å². The Morgan fingerprint density at radius 1 is 1.30 bits per heavy atom. The van der Waals surface area contributed by atoms with Gasteiger partial charge in [0.25, 0.3) is 0 Å². The predicted molar refractivity (Wildman–Crippen MR) is 86.5 cm³/mol. The van der Waals surface area contributed by atoms with Crippen molar-refractivity contribution in [2.45, 2.75) is 18.5 Å². The largest absolute Gasteiger partial charge is 0.480 e. The van der Waals surface area contributed by atoms with Gasteiger partial charge in [0.1, 0.15) is 6.04 Å². The van der Waals surface area contributed by atoms with Crippen molar-refractivity contribution in [1.82, 2.24) is 5.32 Å². The molecule has 2 amide bonds. The molecule has 1 rings (SSSR count). The van der Waals surface area contributed by atoms with Crippen LogP contribution in [0.25, 0.3) is 0 Å².